The van der Waals surface area contributed by atoms with Gasteiger partial charge in [0.2, 0.25) is 11.9 Å². The van der Waals surface area contributed by atoms with E-state index in [1.165, 1.54) is 9.13 Å². The number of nitrogens with one attached hydrogen (secondary N) is 2. The first-order chi connectivity index (χ1) is 20.0. The van der Waals surface area contributed by atoms with Crippen LogP contribution in [0.1, 0.15) is 29.6 Å². The molecule has 2 aliphatic rings. The number of aromatic nitrogens is 8. The maximum atomic E-state index is 11.8. The van der Waals surface area contributed by atoms with Crippen molar-refractivity contribution in [2.75, 3.05) is 24.7 Å². The highest BCUT2D eigenvalue weighted by molar-refractivity contribution is 9.10. The molecule has 6 heterocycles. The van der Waals surface area contributed by atoms with Crippen molar-refractivity contribution in [3.8, 4) is 0 Å². The lowest BCUT2D eigenvalue weighted by molar-refractivity contribution is -0.0439. The molecule has 6 atom stereocenters. The van der Waals surface area contributed by atoms with Crippen LogP contribution in [-0.2, 0) is 9.47 Å². The van der Waals surface area contributed by atoms with E-state index in [1.807, 2.05) is 0 Å². The molecule has 2 saturated heterocycles. The number of nitrogens with two attached hydrogens (primary N) is 2. The number of nitrogens with zero attached hydrogens (tertiary/aromatic N) is 6. The van der Waals surface area contributed by atoms with Gasteiger partial charge in [-0.25, -0.2) is 9.97 Å². The Morgan fingerprint density at radius 1 is 1.00 bits per heavy atom. The molecular formula is C20H27BrN10O8. The molecule has 19 heteroatoms. The number of ether oxygens (including phenoxy) is 2. The molecule has 0 bridgehead atoms. The Hall–Kier alpha value is -3.46. The van der Waals surface area contributed by atoms with Crippen molar-refractivity contribution >= 4 is 50.2 Å². The van der Waals surface area contributed by atoms with Crippen molar-refractivity contribution in [1.29, 1.82) is 0 Å². The van der Waals surface area contributed by atoms with Gasteiger partial charge in [0, 0.05) is 15.8 Å². The largest absolute Gasteiger partial charge is 0.394 e. The monoisotopic (exact) mass is 617 g/mol. The first-order valence-electron chi connectivity index (χ1n) is 13.1. The van der Waals surface area contributed by atoms with E-state index in [0.29, 0.717) is 4.73 Å². The van der Waals surface area contributed by atoms with E-state index >= 15 is 0 Å². The Labute approximate surface area is 229 Å². The number of halogens is 1. The topological polar surface area (TPSA) is 279 Å². The van der Waals surface area contributed by atoms with Crippen molar-refractivity contribution in [2.24, 2.45) is 0 Å². The molecule has 0 aromatic carbocycles. The molecular weight excluding hydrogens is 588 g/mol. The van der Waals surface area contributed by atoms with Crippen molar-refractivity contribution < 1.29 is 34.2 Å². The fraction of sp³-hybridized carbons (Fsp3) is 0.500. The highest BCUT2D eigenvalue weighted by Crippen LogP contribution is 2.33. The summed E-state index contributed by atoms with van der Waals surface area (Å²) in [7, 11) is 0. The molecule has 4 aromatic heterocycles. The quantitative estimate of drug-likeness (QED) is 0.112. The lowest BCUT2D eigenvalue weighted by Gasteiger charge is -2.14. The molecule has 2 unspecified atom stereocenters. The maximum Gasteiger partial charge on any atom is 0.280 e. The number of fused-ring (bicyclic) bond motifs is 2. The smallest absolute Gasteiger partial charge is 0.280 e. The van der Waals surface area contributed by atoms with Gasteiger partial charge in [0.25, 0.3) is 11.1 Å². The van der Waals surface area contributed by atoms with Crippen LogP contribution in [0.5, 0.6) is 0 Å². The van der Waals surface area contributed by atoms with E-state index in [0.717, 1.165) is 0 Å². The minimum atomic E-state index is -0.860. The molecule has 212 valence electrons. The standard InChI is InChI=1S/C10H12BrN5O4.C10H13N5O4.H2/c11-9-13-6-7(14-10(12)15-8(6)19)16(9)5-1-3(18)4(2-17)20-5;11-10-13-8-7(9(18)14-10)12-3-15(8)6-1-4(17)5(2-16)19-6;/h3-5,17-18H,1-2H2,(H3,12,14,15,19);3-6,16-17H,1-2H2,(H3,11,13,14,18);1H/t3?,4-,5-;4?,5-,6-;/m11./s1/i;3D;1+1D. The normalized spacial score (nSPS) is 27.4. The lowest BCUT2D eigenvalue weighted by atomic mass is 10.2. The maximum absolute atomic E-state index is 11.8. The van der Waals surface area contributed by atoms with Crippen LogP contribution in [0, 0.1) is 0 Å². The summed E-state index contributed by atoms with van der Waals surface area (Å²) in [6, 6.07) is 0. The minimum Gasteiger partial charge on any atom is -0.394 e. The van der Waals surface area contributed by atoms with Crippen LogP contribution in [0.2, 0.25) is 0 Å². The van der Waals surface area contributed by atoms with Crippen LogP contribution in [0.4, 0.5) is 11.9 Å². The molecule has 18 nitrogen and oxygen atoms in total. The van der Waals surface area contributed by atoms with Crippen molar-refractivity contribution in [3.05, 3.63) is 31.7 Å². The molecule has 0 radical (unpaired) electrons. The average Bonchev–Trinajstić information content (AvgIpc) is 3.68. The van der Waals surface area contributed by atoms with Crippen LogP contribution in [0.25, 0.3) is 22.3 Å². The predicted molar refractivity (Wildman–Crippen MR) is 138 cm³/mol. The van der Waals surface area contributed by atoms with Gasteiger partial charge < -0.3 is 41.4 Å². The van der Waals surface area contributed by atoms with Gasteiger partial charge in [-0.3, -0.25) is 28.7 Å². The summed E-state index contributed by atoms with van der Waals surface area (Å²) in [5.41, 5.74) is 10.5. The van der Waals surface area contributed by atoms with Gasteiger partial charge in [0.15, 0.2) is 27.1 Å². The Morgan fingerprint density at radius 2 is 1.54 bits per heavy atom. The Bertz CT molecular complexity index is 1560. The summed E-state index contributed by atoms with van der Waals surface area (Å²) < 4.78 is 31.9. The zero-order chi connectivity index (χ0) is 30.9. The second-order valence-electron chi connectivity index (χ2n) is 8.81. The van der Waals surface area contributed by atoms with Gasteiger partial charge in [-0.1, -0.05) is 0 Å². The molecule has 2 fully saturated rings. The highest BCUT2D eigenvalue weighted by atomic mass is 79.9. The average molecular weight is 618 g/mol. The van der Waals surface area contributed by atoms with Gasteiger partial charge in [-0.15, -0.1) is 0 Å². The summed E-state index contributed by atoms with van der Waals surface area (Å²) in [6.07, 6.45) is -4.20. The summed E-state index contributed by atoms with van der Waals surface area (Å²) >= 11 is 3.23. The third kappa shape index (κ3) is 5.00. The lowest BCUT2D eigenvalue weighted by Crippen LogP contribution is -2.24. The van der Waals surface area contributed by atoms with Gasteiger partial charge in [0.1, 0.15) is 26.0 Å². The predicted octanol–water partition coefficient (Wildman–Crippen LogP) is -2.31. The highest BCUT2D eigenvalue weighted by Gasteiger charge is 2.37. The first-order valence-corrected chi connectivity index (χ1v) is 12.4. The minimum absolute atomic E-state index is 0.0188. The summed E-state index contributed by atoms with van der Waals surface area (Å²) in [5, 5.41) is 37.7. The third-order valence-electron chi connectivity index (χ3n) is 6.26. The van der Waals surface area contributed by atoms with Gasteiger partial charge in [-0.05, 0) is 15.9 Å². The van der Waals surface area contributed by atoms with E-state index in [2.05, 4.69) is 45.8 Å². The zero-order valence-corrected chi connectivity index (χ0v) is 21.5. The van der Waals surface area contributed by atoms with Gasteiger partial charge >= 0.3 is 0 Å². The number of aliphatic hydroxyl groups excluding tert-OH is 4. The Kier molecular flexibility index (Phi) is 6.68. The number of imidazole rings is 2. The third-order valence-corrected chi connectivity index (χ3v) is 6.82. The van der Waals surface area contributed by atoms with Crippen LogP contribution in [0.3, 0.4) is 0 Å². The number of H-pyrrole nitrogens is 2. The van der Waals surface area contributed by atoms with Crippen molar-refractivity contribution in [1.82, 2.24) is 39.0 Å². The number of nitrogen functional groups attached to an aromatic ring is 2. The fourth-order valence-electron chi connectivity index (χ4n) is 4.40. The van der Waals surface area contributed by atoms with Crippen molar-refractivity contribution in [3.63, 3.8) is 0 Å². The molecule has 39 heavy (non-hydrogen) atoms. The molecule has 2 aliphatic heterocycles. The molecule has 0 aliphatic carbocycles. The van der Waals surface area contributed by atoms with Crippen LogP contribution >= 0.6 is 15.9 Å². The molecule has 6 rings (SSSR count). The van der Waals surface area contributed by atoms with Crippen LogP contribution in [-0.4, -0.2) is 97.1 Å². The van der Waals surface area contributed by atoms with Crippen LogP contribution in [0.15, 0.2) is 20.6 Å². The number of aliphatic hydroxyl groups is 4. The van der Waals surface area contributed by atoms with Crippen LogP contribution < -0.4 is 22.6 Å². The van der Waals surface area contributed by atoms with E-state index < -0.39 is 48.0 Å². The molecule has 4 aromatic rings. The Morgan fingerprint density at radius 3 is 2.13 bits per heavy atom. The van der Waals surface area contributed by atoms with E-state index in [4.69, 9.17) is 35.5 Å². The van der Waals surface area contributed by atoms with E-state index in [-0.39, 0.29) is 66.6 Å². The summed E-state index contributed by atoms with van der Waals surface area (Å²) in [6.45, 7) is -0.633. The second kappa shape index (κ2) is 10.6. The molecule has 0 amide bonds. The zero-order valence-electron chi connectivity index (χ0n) is 22.9. The number of aromatic amines is 2. The molecule has 0 spiro atoms. The van der Waals surface area contributed by atoms with Gasteiger partial charge in [-0.2, -0.15) is 9.97 Å². The number of anilines is 2. The number of hydrogen-bond acceptors (Lipinski definition) is 14. The fourth-order valence-corrected chi connectivity index (χ4v) is 4.97. The molecule has 0 saturated carbocycles. The van der Waals surface area contributed by atoms with E-state index in [9.17, 15) is 19.8 Å². The van der Waals surface area contributed by atoms with Gasteiger partial charge in [0.05, 0.1) is 31.7 Å². The summed E-state index contributed by atoms with van der Waals surface area (Å²) in [4.78, 5) is 44.0. The van der Waals surface area contributed by atoms with Crippen molar-refractivity contribution in [2.45, 2.75) is 49.7 Å². The Balaban J connectivity index is 0.000000182. The second-order valence-corrected chi connectivity index (χ2v) is 9.52. The number of rotatable bonds is 4. The first kappa shape index (κ1) is 24.6. The molecule has 10 N–H and O–H groups in total. The SMILES string of the molecule is Nc1nc2c(nc(Br)n2[C@H]2CC(O)[C@@H](CO)O2)c(=O)[nH]1.[2H][2H].[2H]c1nc2c(=O)[nH]c(N)nc2n1[C@H]1CC(O)[C@@H](CO)O1. The number of hydrogen-bond donors (Lipinski definition) is 8. The van der Waals surface area contributed by atoms with E-state index in [1.54, 1.807) is 0 Å². The summed E-state index contributed by atoms with van der Waals surface area (Å²) in [5.74, 6) is -0.130.